The second-order valence-corrected chi connectivity index (χ2v) is 11.2. The molecule has 0 saturated carbocycles. The van der Waals surface area contributed by atoms with E-state index in [1.807, 2.05) is 6.07 Å². The van der Waals surface area contributed by atoms with Crippen LogP contribution in [0.15, 0.2) is 158 Å². The summed E-state index contributed by atoms with van der Waals surface area (Å²) in [6.45, 7) is 0. The van der Waals surface area contributed by atoms with Crippen molar-refractivity contribution >= 4 is 10.8 Å². The first-order chi connectivity index (χ1) is 20.8. The van der Waals surface area contributed by atoms with Crippen LogP contribution in [-0.2, 0) is 5.41 Å². The van der Waals surface area contributed by atoms with E-state index in [0.717, 1.165) is 17.1 Å². The van der Waals surface area contributed by atoms with Crippen molar-refractivity contribution in [3.8, 4) is 44.9 Å². The van der Waals surface area contributed by atoms with Gasteiger partial charge in [-0.15, -0.1) is 0 Å². The van der Waals surface area contributed by atoms with Gasteiger partial charge in [0.1, 0.15) is 11.5 Å². The first-order valence-electron chi connectivity index (χ1n) is 14.5. The van der Waals surface area contributed by atoms with Gasteiger partial charge in [-0.25, -0.2) is 0 Å². The minimum absolute atomic E-state index is 0.458. The molecule has 0 fully saturated rings. The number of ether oxygens (including phenoxy) is 1. The number of hydrogen-bond acceptors (Lipinski definition) is 1. The Labute approximate surface area is 245 Å². The van der Waals surface area contributed by atoms with Crippen LogP contribution < -0.4 is 4.74 Å². The molecule has 42 heavy (non-hydrogen) atoms. The molecule has 0 unspecified atom stereocenters. The standard InChI is InChI=1S/C41H26O/c1-3-14-29(15-4-1)41(30-16-5-2-6-17-30)36-22-9-7-18-32(36)34-21-12-20-31(40(34)41)28-25-27-13-11-24-38-39(27)35(26-28)33-19-8-10-23-37(33)42-38/h1-26H. The number of benzene rings is 7. The number of rotatable bonds is 3. The fraction of sp³-hybridized carbons (Fsp3) is 0.0244. The summed E-state index contributed by atoms with van der Waals surface area (Å²) in [5.74, 6) is 1.82. The van der Waals surface area contributed by atoms with Crippen molar-refractivity contribution in [2.75, 3.05) is 0 Å². The highest BCUT2D eigenvalue weighted by Gasteiger charge is 2.47. The van der Waals surface area contributed by atoms with E-state index in [0.29, 0.717) is 0 Å². The maximum Gasteiger partial charge on any atom is 0.135 e. The molecule has 1 heteroatoms. The molecular weight excluding hydrogens is 508 g/mol. The average molecular weight is 535 g/mol. The maximum absolute atomic E-state index is 6.36. The van der Waals surface area contributed by atoms with Crippen LogP contribution >= 0.6 is 0 Å². The van der Waals surface area contributed by atoms with Crippen molar-refractivity contribution in [3.05, 3.63) is 180 Å². The van der Waals surface area contributed by atoms with Crippen LogP contribution in [0.4, 0.5) is 0 Å². The van der Waals surface area contributed by atoms with Crippen LogP contribution in [0.25, 0.3) is 44.2 Å². The fourth-order valence-corrected chi connectivity index (χ4v) is 7.49. The zero-order chi connectivity index (χ0) is 27.7. The molecule has 7 aromatic rings. The van der Waals surface area contributed by atoms with Crippen molar-refractivity contribution in [2.24, 2.45) is 0 Å². The average Bonchev–Trinajstić information content (AvgIpc) is 3.37. The van der Waals surface area contributed by atoms with Gasteiger partial charge < -0.3 is 4.74 Å². The zero-order valence-electron chi connectivity index (χ0n) is 22.9. The van der Waals surface area contributed by atoms with Crippen molar-refractivity contribution in [1.29, 1.82) is 0 Å². The third-order valence-electron chi connectivity index (χ3n) is 9.12. The Morgan fingerprint density at radius 1 is 0.405 bits per heavy atom. The molecule has 2 aliphatic rings. The topological polar surface area (TPSA) is 9.23 Å². The Morgan fingerprint density at radius 2 is 1.00 bits per heavy atom. The Hall–Kier alpha value is -5.40. The molecule has 7 aromatic carbocycles. The van der Waals surface area contributed by atoms with E-state index in [9.17, 15) is 0 Å². The lowest BCUT2D eigenvalue weighted by atomic mass is 9.66. The third kappa shape index (κ3) is 3.08. The number of fused-ring (bicyclic) bond motifs is 5. The largest absolute Gasteiger partial charge is 0.456 e. The van der Waals surface area contributed by atoms with Crippen molar-refractivity contribution in [3.63, 3.8) is 0 Å². The molecule has 1 aliphatic heterocycles. The van der Waals surface area contributed by atoms with Gasteiger partial charge in [0.2, 0.25) is 0 Å². The summed E-state index contributed by atoms with van der Waals surface area (Å²) in [5, 5.41) is 2.36. The molecule has 0 N–H and O–H groups in total. The highest BCUT2D eigenvalue weighted by Crippen LogP contribution is 2.59. The fourth-order valence-electron chi connectivity index (χ4n) is 7.49. The van der Waals surface area contributed by atoms with Crippen molar-refractivity contribution in [2.45, 2.75) is 5.41 Å². The summed E-state index contributed by atoms with van der Waals surface area (Å²) in [6.07, 6.45) is 0. The lowest BCUT2D eigenvalue weighted by Gasteiger charge is -2.35. The normalized spacial score (nSPS) is 13.6. The summed E-state index contributed by atoms with van der Waals surface area (Å²) < 4.78 is 6.36. The summed E-state index contributed by atoms with van der Waals surface area (Å²) in [6, 6.07) is 57.4. The van der Waals surface area contributed by atoms with Crippen molar-refractivity contribution in [1.82, 2.24) is 0 Å². The molecule has 0 spiro atoms. The van der Waals surface area contributed by atoms with Gasteiger partial charge in [-0.1, -0.05) is 133 Å². The van der Waals surface area contributed by atoms with Crippen LogP contribution in [0.3, 0.4) is 0 Å². The predicted octanol–water partition coefficient (Wildman–Crippen LogP) is 10.6. The van der Waals surface area contributed by atoms with Crippen molar-refractivity contribution < 1.29 is 4.74 Å². The molecular formula is C41H26O. The van der Waals surface area contributed by atoms with Crippen LogP contribution in [0.1, 0.15) is 22.3 Å². The monoisotopic (exact) mass is 534 g/mol. The van der Waals surface area contributed by atoms with Gasteiger partial charge in [0.15, 0.2) is 0 Å². The molecule has 1 heterocycles. The Balaban J connectivity index is 1.42. The van der Waals surface area contributed by atoms with Crippen LogP contribution in [0.5, 0.6) is 11.5 Å². The van der Waals surface area contributed by atoms with E-state index < -0.39 is 5.41 Å². The van der Waals surface area contributed by atoms with Gasteiger partial charge in [-0.2, -0.15) is 0 Å². The van der Waals surface area contributed by atoms with Gasteiger partial charge in [0, 0.05) is 10.9 Å². The quantitative estimate of drug-likeness (QED) is 0.219. The molecule has 0 amide bonds. The van der Waals surface area contributed by atoms with E-state index in [4.69, 9.17) is 4.74 Å². The van der Waals surface area contributed by atoms with Crippen LogP contribution in [0.2, 0.25) is 0 Å². The summed E-state index contributed by atoms with van der Waals surface area (Å²) in [7, 11) is 0. The lowest BCUT2D eigenvalue weighted by molar-refractivity contribution is 0.487. The zero-order valence-corrected chi connectivity index (χ0v) is 22.9. The van der Waals surface area contributed by atoms with Gasteiger partial charge in [0.25, 0.3) is 0 Å². The van der Waals surface area contributed by atoms with E-state index in [-0.39, 0.29) is 0 Å². The maximum atomic E-state index is 6.36. The van der Waals surface area contributed by atoms with Crippen LogP contribution in [0, 0.1) is 0 Å². The Morgan fingerprint density at radius 3 is 1.79 bits per heavy atom. The molecule has 9 rings (SSSR count). The summed E-state index contributed by atoms with van der Waals surface area (Å²) in [5.41, 5.74) is 12.2. The van der Waals surface area contributed by atoms with E-state index >= 15 is 0 Å². The minimum atomic E-state index is -0.458. The number of hydrogen-bond donors (Lipinski definition) is 0. The second-order valence-electron chi connectivity index (χ2n) is 11.2. The first-order valence-corrected chi connectivity index (χ1v) is 14.5. The lowest BCUT2D eigenvalue weighted by Crippen LogP contribution is -2.29. The minimum Gasteiger partial charge on any atom is -0.456 e. The molecule has 1 nitrogen and oxygen atoms in total. The Bertz CT molecular complexity index is 2120. The molecule has 0 bridgehead atoms. The third-order valence-corrected chi connectivity index (χ3v) is 9.12. The predicted molar refractivity (Wildman–Crippen MR) is 172 cm³/mol. The van der Waals surface area contributed by atoms with E-state index in [1.54, 1.807) is 0 Å². The van der Waals surface area contributed by atoms with Gasteiger partial charge in [-0.05, 0) is 79.7 Å². The Kier molecular flexibility index (Phi) is 4.88. The molecule has 0 aromatic heterocycles. The summed E-state index contributed by atoms with van der Waals surface area (Å²) in [4.78, 5) is 0. The highest BCUT2D eigenvalue weighted by atomic mass is 16.5. The SMILES string of the molecule is c1ccc(C2(c3ccccc3)c3ccccc3-c3cccc(-c4cc5c6c(cccc6c4)Oc4ccccc4-5)c32)cc1. The van der Waals surface area contributed by atoms with Gasteiger partial charge in [0.05, 0.1) is 5.41 Å². The smallest absolute Gasteiger partial charge is 0.135 e. The molecule has 0 radical (unpaired) electrons. The summed E-state index contributed by atoms with van der Waals surface area (Å²) >= 11 is 0. The highest BCUT2D eigenvalue weighted by molar-refractivity contribution is 6.07. The van der Waals surface area contributed by atoms with E-state index in [2.05, 4.69) is 152 Å². The van der Waals surface area contributed by atoms with Crippen LogP contribution in [-0.4, -0.2) is 0 Å². The second kappa shape index (κ2) is 8.80. The molecule has 196 valence electrons. The molecule has 1 aliphatic carbocycles. The number of para-hydroxylation sites is 1. The van der Waals surface area contributed by atoms with Gasteiger partial charge >= 0.3 is 0 Å². The first kappa shape index (κ1) is 23.3. The molecule has 0 saturated heterocycles. The van der Waals surface area contributed by atoms with E-state index in [1.165, 1.54) is 60.8 Å². The van der Waals surface area contributed by atoms with Gasteiger partial charge in [-0.3, -0.25) is 0 Å². The molecule has 0 atom stereocenters.